The smallest absolute Gasteiger partial charge is 0.374 e. The number of rotatable bonds is 4. The van der Waals surface area contributed by atoms with E-state index in [0.29, 0.717) is 0 Å². The van der Waals surface area contributed by atoms with Crippen LogP contribution in [-0.2, 0) is 35.0 Å². The SMILES string of the molecule is CC(O)(C(=O)OC(=O)OC(=O)OC(=O)C(C)(O)c1ccccc1)c1ccccc1. The van der Waals surface area contributed by atoms with Crippen molar-refractivity contribution in [2.75, 3.05) is 0 Å². The van der Waals surface area contributed by atoms with Crippen LogP contribution in [0.4, 0.5) is 9.59 Å². The molecule has 2 aromatic carbocycles. The second-order valence-electron chi connectivity index (χ2n) is 6.26. The van der Waals surface area contributed by atoms with E-state index < -0.39 is 35.5 Å². The predicted molar refractivity (Wildman–Crippen MR) is 96.1 cm³/mol. The van der Waals surface area contributed by atoms with Crippen molar-refractivity contribution in [1.82, 2.24) is 0 Å². The fraction of sp³-hybridized carbons (Fsp3) is 0.200. The lowest BCUT2D eigenvalue weighted by molar-refractivity contribution is -0.162. The van der Waals surface area contributed by atoms with Crippen molar-refractivity contribution >= 4 is 24.2 Å². The number of aliphatic hydroxyl groups is 2. The molecule has 2 N–H and O–H groups in total. The van der Waals surface area contributed by atoms with Crippen molar-refractivity contribution in [3.8, 4) is 0 Å². The van der Waals surface area contributed by atoms with Crippen LogP contribution in [0, 0.1) is 0 Å². The molecular weight excluding hydrogens is 384 g/mol. The molecule has 29 heavy (non-hydrogen) atoms. The van der Waals surface area contributed by atoms with Crippen LogP contribution < -0.4 is 0 Å². The maximum absolute atomic E-state index is 12.0. The summed E-state index contributed by atoms with van der Waals surface area (Å²) in [5.74, 6) is -2.83. The summed E-state index contributed by atoms with van der Waals surface area (Å²) in [6.45, 7) is 2.16. The van der Waals surface area contributed by atoms with Crippen molar-refractivity contribution < 1.29 is 43.6 Å². The molecule has 0 bridgehead atoms. The minimum Gasteiger partial charge on any atom is -0.374 e. The Morgan fingerprint density at radius 2 is 0.931 bits per heavy atom. The van der Waals surface area contributed by atoms with Crippen LogP contribution in [0.3, 0.4) is 0 Å². The van der Waals surface area contributed by atoms with Crippen LogP contribution in [0.15, 0.2) is 60.7 Å². The molecule has 2 aromatic rings. The number of benzene rings is 2. The third kappa shape index (κ3) is 5.24. The zero-order valence-electron chi connectivity index (χ0n) is 15.5. The Hall–Kier alpha value is -3.56. The molecular formula is C20H18O9. The molecule has 2 unspecified atom stereocenters. The van der Waals surface area contributed by atoms with Gasteiger partial charge in [-0.15, -0.1) is 0 Å². The molecule has 0 fully saturated rings. The van der Waals surface area contributed by atoms with E-state index in [1.807, 2.05) is 0 Å². The van der Waals surface area contributed by atoms with E-state index in [-0.39, 0.29) is 11.1 Å². The zero-order chi connectivity index (χ0) is 21.7. The summed E-state index contributed by atoms with van der Waals surface area (Å²) in [7, 11) is 0. The van der Waals surface area contributed by atoms with Gasteiger partial charge in [0.05, 0.1) is 0 Å². The number of ether oxygens (including phenoxy) is 3. The number of hydrogen-bond donors (Lipinski definition) is 2. The molecule has 9 heteroatoms. The predicted octanol–water partition coefficient (Wildman–Crippen LogP) is 2.14. The highest BCUT2D eigenvalue weighted by molar-refractivity contribution is 5.94. The Balaban J connectivity index is 1.94. The van der Waals surface area contributed by atoms with Gasteiger partial charge in [0.15, 0.2) is 11.2 Å². The molecule has 0 saturated heterocycles. The molecule has 0 aliphatic rings. The molecule has 0 radical (unpaired) electrons. The number of esters is 2. The van der Waals surface area contributed by atoms with Crippen molar-refractivity contribution in [2.24, 2.45) is 0 Å². The first-order chi connectivity index (χ1) is 13.5. The van der Waals surface area contributed by atoms with Crippen molar-refractivity contribution in [3.05, 3.63) is 71.8 Å². The van der Waals surface area contributed by atoms with Gasteiger partial charge in [0, 0.05) is 0 Å². The van der Waals surface area contributed by atoms with Crippen molar-refractivity contribution in [1.29, 1.82) is 0 Å². The first-order valence-corrected chi connectivity index (χ1v) is 8.31. The van der Waals surface area contributed by atoms with Gasteiger partial charge in [-0.25, -0.2) is 19.2 Å². The minimum atomic E-state index is -2.20. The van der Waals surface area contributed by atoms with Crippen molar-refractivity contribution in [3.63, 3.8) is 0 Å². The van der Waals surface area contributed by atoms with Crippen LogP contribution >= 0.6 is 0 Å². The summed E-state index contributed by atoms with van der Waals surface area (Å²) >= 11 is 0. The molecule has 2 atom stereocenters. The second-order valence-corrected chi connectivity index (χ2v) is 6.26. The van der Waals surface area contributed by atoms with Crippen molar-refractivity contribution in [2.45, 2.75) is 25.0 Å². The fourth-order valence-electron chi connectivity index (χ4n) is 2.22. The lowest BCUT2D eigenvalue weighted by atomic mass is 9.96. The highest BCUT2D eigenvalue weighted by atomic mass is 16.8. The van der Waals surface area contributed by atoms with Gasteiger partial charge in [-0.3, -0.25) is 0 Å². The van der Waals surface area contributed by atoms with E-state index in [4.69, 9.17) is 0 Å². The highest BCUT2D eigenvalue weighted by Crippen LogP contribution is 2.23. The minimum absolute atomic E-state index is 0.134. The standard InChI is InChI=1S/C20H18O9/c1-19(25,13-9-5-3-6-10-13)15(21)27-17(23)29-18(24)28-16(22)20(2,26)14-11-7-4-8-12-14/h3-12,25-26H,1-2H3. The summed E-state index contributed by atoms with van der Waals surface area (Å²) in [5, 5.41) is 20.5. The Labute approximate surface area is 165 Å². The third-order valence-electron chi connectivity index (χ3n) is 3.99. The van der Waals surface area contributed by atoms with E-state index in [0.717, 1.165) is 13.8 Å². The van der Waals surface area contributed by atoms with Crippen LogP contribution in [0.5, 0.6) is 0 Å². The lowest BCUT2D eigenvalue weighted by Crippen LogP contribution is -2.37. The van der Waals surface area contributed by atoms with Gasteiger partial charge in [0.25, 0.3) is 0 Å². The molecule has 0 saturated carbocycles. The molecule has 152 valence electrons. The molecule has 0 aliphatic heterocycles. The van der Waals surface area contributed by atoms with E-state index in [9.17, 15) is 29.4 Å². The maximum Gasteiger partial charge on any atom is 0.526 e. The Bertz CT molecular complexity index is 827. The average Bonchev–Trinajstić information content (AvgIpc) is 2.68. The molecule has 0 heterocycles. The number of carbonyl (C=O) groups is 4. The van der Waals surface area contributed by atoms with Crippen LogP contribution in [0.25, 0.3) is 0 Å². The van der Waals surface area contributed by atoms with E-state index in [2.05, 4.69) is 14.2 Å². The Morgan fingerprint density at radius 3 is 1.24 bits per heavy atom. The van der Waals surface area contributed by atoms with E-state index in [1.54, 1.807) is 36.4 Å². The normalized spacial score (nSPS) is 14.6. The van der Waals surface area contributed by atoms with Gasteiger partial charge in [0.1, 0.15) is 0 Å². The quantitative estimate of drug-likeness (QED) is 0.582. The first kappa shape index (κ1) is 21.7. The monoisotopic (exact) mass is 402 g/mol. The second kappa shape index (κ2) is 8.63. The average molecular weight is 402 g/mol. The zero-order valence-corrected chi connectivity index (χ0v) is 15.5. The third-order valence-corrected chi connectivity index (χ3v) is 3.99. The first-order valence-electron chi connectivity index (χ1n) is 8.31. The summed E-state index contributed by atoms with van der Waals surface area (Å²) in [6, 6.07) is 15.2. The molecule has 9 nitrogen and oxygen atoms in total. The van der Waals surface area contributed by atoms with Gasteiger partial charge in [-0.1, -0.05) is 60.7 Å². The maximum atomic E-state index is 12.0. The summed E-state index contributed by atoms with van der Waals surface area (Å²) < 4.78 is 12.6. The van der Waals surface area contributed by atoms with Gasteiger partial charge in [-0.05, 0) is 25.0 Å². The molecule has 0 amide bonds. The molecule has 0 spiro atoms. The Kier molecular flexibility index (Phi) is 6.47. The van der Waals surface area contributed by atoms with Crippen LogP contribution in [-0.4, -0.2) is 34.5 Å². The van der Waals surface area contributed by atoms with Crippen LogP contribution in [0.1, 0.15) is 25.0 Å². The lowest BCUT2D eigenvalue weighted by Gasteiger charge is -2.21. The summed E-state index contributed by atoms with van der Waals surface area (Å²) in [6.07, 6.45) is -3.63. The molecule has 0 aliphatic carbocycles. The fourth-order valence-corrected chi connectivity index (χ4v) is 2.22. The molecule has 0 aromatic heterocycles. The van der Waals surface area contributed by atoms with Crippen LogP contribution in [0.2, 0.25) is 0 Å². The van der Waals surface area contributed by atoms with Gasteiger partial charge in [0.2, 0.25) is 0 Å². The van der Waals surface area contributed by atoms with E-state index >= 15 is 0 Å². The Morgan fingerprint density at radius 1 is 0.621 bits per heavy atom. The summed E-state index contributed by atoms with van der Waals surface area (Å²) in [5.41, 5.74) is -4.13. The van der Waals surface area contributed by atoms with E-state index in [1.165, 1.54) is 24.3 Å². The topological polar surface area (TPSA) is 136 Å². The van der Waals surface area contributed by atoms with Gasteiger partial charge >= 0.3 is 24.2 Å². The van der Waals surface area contributed by atoms with Gasteiger partial charge < -0.3 is 24.4 Å². The number of carbonyl (C=O) groups excluding carboxylic acids is 4. The molecule has 2 rings (SSSR count). The largest absolute Gasteiger partial charge is 0.526 e. The highest BCUT2D eigenvalue weighted by Gasteiger charge is 2.39. The number of hydrogen-bond acceptors (Lipinski definition) is 9. The van der Waals surface area contributed by atoms with Gasteiger partial charge in [-0.2, -0.15) is 0 Å². The summed E-state index contributed by atoms with van der Waals surface area (Å²) in [4.78, 5) is 47.2.